The van der Waals surface area contributed by atoms with Crippen molar-refractivity contribution in [1.29, 1.82) is 5.41 Å². The van der Waals surface area contributed by atoms with Crippen LogP contribution in [0.15, 0.2) is 12.7 Å². The number of nitrogens with zero attached hydrogens (tertiary/aromatic N) is 3. The predicted molar refractivity (Wildman–Crippen MR) is 45.8 cm³/mol. The number of aryl methyl sites for hydroxylation is 1. The number of aromatic nitrogens is 3. The molecule has 66 valence electrons. The Bertz CT molecular complexity index is 228. The van der Waals surface area contributed by atoms with Crippen molar-refractivity contribution < 1.29 is 0 Å². The average molecular weight is 167 g/mol. The maximum Gasteiger partial charge on any atom is 0.137 e. The quantitative estimate of drug-likeness (QED) is 0.378. The van der Waals surface area contributed by atoms with Crippen molar-refractivity contribution in [3.8, 4) is 0 Å². The van der Waals surface area contributed by atoms with Crippen molar-refractivity contribution in [2.75, 3.05) is 0 Å². The van der Waals surface area contributed by atoms with E-state index in [9.17, 15) is 0 Å². The largest absolute Gasteiger partial charge is 0.388 e. The van der Waals surface area contributed by atoms with Crippen LogP contribution < -0.4 is 5.73 Å². The lowest BCUT2D eigenvalue weighted by Crippen LogP contribution is -2.09. The van der Waals surface area contributed by atoms with Gasteiger partial charge in [0.25, 0.3) is 0 Å². The highest BCUT2D eigenvalue weighted by molar-refractivity contribution is 5.76. The molecule has 0 aliphatic rings. The lowest BCUT2D eigenvalue weighted by Gasteiger charge is -1.99. The molecule has 0 amide bonds. The Morgan fingerprint density at radius 3 is 2.92 bits per heavy atom. The summed E-state index contributed by atoms with van der Waals surface area (Å²) in [5, 5.41) is 10.9. The van der Waals surface area contributed by atoms with Gasteiger partial charge in [-0.15, -0.1) is 0 Å². The average Bonchev–Trinajstić information content (AvgIpc) is 2.49. The molecule has 0 saturated carbocycles. The smallest absolute Gasteiger partial charge is 0.137 e. The van der Waals surface area contributed by atoms with E-state index in [1.165, 1.54) is 6.33 Å². The normalized spacial score (nSPS) is 10.0. The molecule has 1 aromatic heterocycles. The first-order valence-corrected chi connectivity index (χ1v) is 3.94. The van der Waals surface area contributed by atoms with Gasteiger partial charge in [-0.2, -0.15) is 5.10 Å². The molecule has 1 heterocycles. The van der Waals surface area contributed by atoms with Gasteiger partial charge in [-0.1, -0.05) is 0 Å². The lowest BCUT2D eigenvalue weighted by atomic mass is 10.2. The van der Waals surface area contributed by atoms with E-state index in [2.05, 4.69) is 10.1 Å². The second-order valence-corrected chi connectivity index (χ2v) is 2.64. The van der Waals surface area contributed by atoms with Gasteiger partial charge in [-0.3, -0.25) is 10.1 Å². The van der Waals surface area contributed by atoms with Gasteiger partial charge in [0.05, 0.1) is 5.84 Å². The number of hydrogen-bond donors (Lipinski definition) is 2. The van der Waals surface area contributed by atoms with Gasteiger partial charge in [0.15, 0.2) is 0 Å². The van der Waals surface area contributed by atoms with E-state index in [0.29, 0.717) is 6.42 Å². The van der Waals surface area contributed by atoms with Crippen molar-refractivity contribution in [2.45, 2.75) is 25.8 Å². The maximum absolute atomic E-state index is 6.99. The standard InChI is InChI=1S/C7H13N5/c8-7(9)3-1-2-4-12-6-10-5-11-12/h5-6H,1-4H2,(H3,8,9). The molecule has 0 radical (unpaired) electrons. The number of amidine groups is 1. The second-order valence-electron chi connectivity index (χ2n) is 2.64. The molecule has 0 unspecified atom stereocenters. The molecule has 3 N–H and O–H groups in total. The Hall–Kier alpha value is -1.39. The third-order valence-electron chi connectivity index (χ3n) is 1.55. The molecular weight excluding hydrogens is 154 g/mol. The molecule has 1 rings (SSSR count). The van der Waals surface area contributed by atoms with Crippen LogP contribution in [0.3, 0.4) is 0 Å². The van der Waals surface area contributed by atoms with Gasteiger partial charge in [-0.05, 0) is 12.8 Å². The SMILES string of the molecule is N=C(N)CCCCn1cncn1. The minimum Gasteiger partial charge on any atom is -0.388 e. The molecule has 0 saturated heterocycles. The monoisotopic (exact) mass is 167 g/mol. The van der Waals surface area contributed by atoms with Crippen LogP contribution in [0.2, 0.25) is 0 Å². The number of nitrogens with one attached hydrogen (secondary N) is 1. The maximum atomic E-state index is 6.99. The van der Waals surface area contributed by atoms with Crippen molar-refractivity contribution in [3.05, 3.63) is 12.7 Å². The summed E-state index contributed by atoms with van der Waals surface area (Å²) in [6.07, 6.45) is 5.81. The van der Waals surface area contributed by atoms with Crippen molar-refractivity contribution >= 4 is 5.84 Å². The van der Waals surface area contributed by atoms with Crippen molar-refractivity contribution in [3.63, 3.8) is 0 Å². The minimum absolute atomic E-state index is 0.258. The van der Waals surface area contributed by atoms with Crippen molar-refractivity contribution in [1.82, 2.24) is 14.8 Å². The fourth-order valence-electron chi connectivity index (χ4n) is 0.937. The zero-order valence-electron chi connectivity index (χ0n) is 6.90. The summed E-state index contributed by atoms with van der Waals surface area (Å²) in [6, 6.07) is 0. The third-order valence-corrected chi connectivity index (χ3v) is 1.55. The molecule has 12 heavy (non-hydrogen) atoms. The van der Waals surface area contributed by atoms with E-state index in [1.807, 2.05) is 0 Å². The van der Waals surface area contributed by atoms with E-state index in [0.717, 1.165) is 19.4 Å². The molecule has 0 aliphatic heterocycles. The minimum atomic E-state index is 0.258. The number of nitrogens with two attached hydrogens (primary N) is 1. The van der Waals surface area contributed by atoms with E-state index >= 15 is 0 Å². The first-order valence-electron chi connectivity index (χ1n) is 3.94. The third kappa shape index (κ3) is 3.14. The van der Waals surface area contributed by atoms with Crippen LogP contribution in [-0.4, -0.2) is 20.6 Å². The Morgan fingerprint density at radius 2 is 2.33 bits per heavy atom. The van der Waals surface area contributed by atoms with Gasteiger partial charge in [0, 0.05) is 13.0 Å². The van der Waals surface area contributed by atoms with Crippen LogP contribution in [0.4, 0.5) is 0 Å². The molecule has 0 fully saturated rings. The molecule has 0 aromatic carbocycles. The van der Waals surface area contributed by atoms with Gasteiger partial charge >= 0.3 is 0 Å². The van der Waals surface area contributed by atoms with Gasteiger partial charge in [0.2, 0.25) is 0 Å². The van der Waals surface area contributed by atoms with E-state index < -0.39 is 0 Å². The molecule has 5 heteroatoms. The Labute approximate surface area is 71.1 Å². The molecule has 0 atom stereocenters. The lowest BCUT2D eigenvalue weighted by molar-refractivity contribution is 0.562. The second kappa shape index (κ2) is 4.48. The Balaban J connectivity index is 2.07. The summed E-state index contributed by atoms with van der Waals surface area (Å²) in [7, 11) is 0. The summed E-state index contributed by atoms with van der Waals surface area (Å²) < 4.78 is 1.78. The van der Waals surface area contributed by atoms with Gasteiger partial charge in [0.1, 0.15) is 12.7 Å². The Morgan fingerprint density at radius 1 is 1.50 bits per heavy atom. The summed E-state index contributed by atoms with van der Waals surface area (Å²) in [6.45, 7) is 0.854. The van der Waals surface area contributed by atoms with Crippen LogP contribution in [0.25, 0.3) is 0 Å². The molecule has 1 aromatic rings. The topological polar surface area (TPSA) is 80.6 Å². The van der Waals surface area contributed by atoms with Crippen LogP contribution in [-0.2, 0) is 6.54 Å². The van der Waals surface area contributed by atoms with E-state index in [-0.39, 0.29) is 5.84 Å². The Kier molecular flexibility index (Phi) is 3.25. The summed E-state index contributed by atoms with van der Waals surface area (Å²) in [4.78, 5) is 3.82. The predicted octanol–water partition coefficient (Wildman–Crippen LogP) is 0.384. The van der Waals surface area contributed by atoms with E-state index in [4.69, 9.17) is 11.1 Å². The number of rotatable bonds is 5. The van der Waals surface area contributed by atoms with Crippen LogP contribution >= 0.6 is 0 Å². The summed E-state index contributed by atoms with van der Waals surface area (Å²) in [5.41, 5.74) is 5.20. The van der Waals surface area contributed by atoms with Gasteiger partial charge < -0.3 is 5.73 Å². The summed E-state index contributed by atoms with van der Waals surface area (Å²) >= 11 is 0. The molecule has 5 nitrogen and oxygen atoms in total. The highest BCUT2D eigenvalue weighted by atomic mass is 15.3. The first-order chi connectivity index (χ1) is 5.79. The zero-order chi connectivity index (χ0) is 8.81. The molecule has 0 aliphatic carbocycles. The molecule has 0 spiro atoms. The number of unbranched alkanes of at least 4 members (excludes halogenated alkanes) is 1. The summed E-state index contributed by atoms with van der Waals surface area (Å²) in [5.74, 6) is 0.258. The first kappa shape index (κ1) is 8.70. The van der Waals surface area contributed by atoms with Crippen LogP contribution in [0.1, 0.15) is 19.3 Å². The fraction of sp³-hybridized carbons (Fsp3) is 0.571. The van der Waals surface area contributed by atoms with Crippen LogP contribution in [0, 0.1) is 5.41 Å². The number of hydrogen-bond acceptors (Lipinski definition) is 3. The van der Waals surface area contributed by atoms with Crippen LogP contribution in [0.5, 0.6) is 0 Å². The molecular formula is C7H13N5. The highest BCUT2D eigenvalue weighted by Gasteiger charge is 1.93. The zero-order valence-corrected chi connectivity index (χ0v) is 6.90. The van der Waals surface area contributed by atoms with Gasteiger partial charge in [-0.25, -0.2) is 4.98 Å². The fourth-order valence-corrected chi connectivity index (χ4v) is 0.937. The molecule has 0 bridgehead atoms. The van der Waals surface area contributed by atoms with Crippen molar-refractivity contribution in [2.24, 2.45) is 5.73 Å². The van der Waals surface area contributed by atoms with E-state index in [1.54, 1.807) is 11.0 Å². The highest BCUT2D eigenvalue weighted by Crippen LogP contribution is 1.96.